The zero-order valence-electron chi connectivity index (χ0n) is 12.5. The average molecular weight is 350 g/mol. The minimum atomic E-state index is -0.231. The first-order valence-electron chi connectivity index (χ1n) is 7.60. The summed E-state index contributed by atoms with van der Waals surface area (Å²) in [4.78, 5) is 16.5. The number of hydrogen-bond acceptors (Lipinski definition) is 3. The molecule has 2 N–H and O–H groups in total. The molecule has 0 atom stereocenters. The van der Waals surface area contributed by atoms with Crippen LogP contribution in [0, 0.1) is 0 Å². The molecule has 1 aliphatic carbocycles. The number of nitrogens with zero attached hydrogens (tertiary/aromatic N) is 1. The van der Waals surface area contributed by atoms with Gasteiger partial charge in [-0.2, -0.15) is 0 Å². The van der Waals surface area contributed by atoms with Crippen molar-refractivity contribution in [1.82, 2.24) is 4.98 Å². The van der Waals surface area contributed by atoms with E-state index < -0.39 is 0 Å². The highest BCUT2D eigenvalue weighted by molar-refractivity contribution is 6.42. The van der Waals surface area contributed by atoms with Gasteiger partial charge < -0.3 is 10.6 Å². The Morgan fingerprint density at radius 2 is 1.83 bits per heavy atom. The number of hydrogen-bond donors (Lipinski definition) is 2. The lowest BCUT2D eigenvalue weighted by atomic mass is 10.2. The fraction of sp³-hybridized carbons (Fsp3) is 0.294. The summed E-state index contributed by atoms with van der Waals surface area (Å²) < 4.78 is 0. The van der Waals surface area contributed by atoms with Crippen molar-refractivity contribution in [3.8, 4) is 0 Å². The number of pyridine rings is 1. The normalized spacial score (nSPS) is 14.7. The minimum Gasteiger partial charge on any atom is -0.381 e. The highest BCUT2D eigenvalue weighted by Crippen LogP contribution is 2.26. The zero-order valence-corrected chi connectivity index (χ0v) is 14.0. The molecule has 0 spiro atoms. The third-order valence-electron chi connectivity index (χ3n) is 3.90. The van der Waals surface area contributed by atoms with Crippen LogP contribution in [0.5, 0.6) is 0 Å². The molecule has 0 unspecified atom stereocenters. The summed E-state index contributed by atoms with van der Waals surface area (Å²) in [5.41, 5.74) is 1.97. The summed E-state index contributed by atoms with van der Waals surface area (Å²) >= 11 is 11.8. The highest BCUT2D eigenvalue weighted by Gasteiger charge is 2.15. The van der Waals surface area contributed by atoms with Gasteiger partial charge in [-0.1, -0.05) is 36.0 Å². The van der Waals surface area contributed by atoms with Crippen LogP contribution < -0.4 is 10.6 Å². The Morgan fingerprint density at radius 1 is 1.04 bits per heavy atom. The van der Waals surface area contributed by atoms with Crippen LogP contribution >= 0.6 is 23.2 Å². The van der Waals surface area contributed by atoms with E-state index in [-0.39, 0.29) is 5.91 Å². The van der Waals surface area contributed by atoms with Gasteiger partial charge in [0, 0.05) is 24.1 Å². The van der Waals surface area contributed by atoms with Gasteiger partial charge in [-0.3, -0.25) is 9.78 Å². The van der Waals surface area contributed by atoms with E-state index in [2.05, 4.69) is 15.6 Å². The van der Waals surface area contributed by atoms with Crippen molar-refractivity contribution in [2.45, 2.75) is 31.7 Å². The molecule has 2 aromatic rings. The SMILES string of the molecule is O=C(Nc1ccc(Cl)c(Cl)c1)c1cncc(NC2CCCC2)c1. The number of amides is 1. The van der Waals surface area contributed by atoms with Gasteiger partial charge in [0.2, 0.25) is 0 Å². The first-order valence-corrected chi connectivity index (χ1v) is 8.35. The lowest BCUT2D eigenvalue weighted by molar-refractivity contribution is 0.102. The molecule has 1 fully saturated rings. The van der Waals surface area contributed by atoms with E-state index in [1.54, 1.807) is 30.6 Å². The predicted molar refractivity (Wildman–Crippen MR) is 94.5 cm³/mol. The molecule has 1 aromatic carbocycles. The zero-order chi connectivity index (χ0) is 16.2. The van der Waals surface area contributed by atoms with E-state index in [1.807, 2.05) is 6.07 Å². The second-order valence-electron chi connectivity index (χ2n) is 5.67. The standard InChI is InChI=1S/C17H17Cl2N3O/c18-15-6-5-13(8-16(15)19)22-17(23)11-7-14(10-20-9-11)21-12-3-1-2-4-12/h5-10,12,21H,1-4H2,(H,22,23). The number of anilines is 2. The van der Waals surface area contributed by atoms with Crippen LogP contribution in [-0.4, -0.2) is 16.9 Å². The van der Waals surface area contributed by atoms with Crippen LogP contribution in [-0.2, 0) is 0 Å². The molecule has 3 rings (SSSR count). The first-order chi connectivity index (χ1) is 11.1. The van der Waals surface area contributed by atoms with Crippen LogP contribution in [0.4, 0.5) is 11.4 Å². The van der Waals surface area contributed by atoms with Crippen LogP contribution in [0.2, 0.25) is 10.0 Å². The molecule has 4 nitrogen and oxygen atoms in total. The number of aromatic nitrogens is 1. The number of benzene rings is 1. The summed E-state index contributed by atoms with van der Waals surface area (Å²) in [6.45, 7) is 0. The van der Waals surface area contributed by atoms with Crippen LogP contribution in [0.15, 0.2) is 36.7 Å². The molecule has 1 heterocycles. The van der Waals surface area contributed by atoms with E-state index in [0.29, 0.717) is 27.3 Å². The first kappa shape index (κ1) is 16.1. The maximum atomic E-state index is 12.3. The van der Waals surface area contributed by atoms with Gasteiger partial charge in [0.25, 0.3) is 5.91 Å². The summed E-state index contributed by atoms with van der Waals surface area (Å²) in [6.07, 6.45) is 8.13. The molecule has 1 aromatic heterocycles. The van der Waals surface area contributed by atoms with Crippen LogP contribution in [0.1, 0.15) is 36.0 Å². The monoisotopic (exact) mass is 349 g/mol. The van der Waals surface area contributed by atoms with Crippen molar-refractivity contribution < 1.29 is 4.79 Å². The van der Waals surface area contributed by atoms with Crippen molar-refractivity contribution >= 4 is 40.5 Å². The fourth-order valence-corrected chi connectivity index (χ4v) is 3.02. The van der Waals surface area contributed by atoms with Gasteiger partial charge in [0.1, 0.15) is 0 Å². The molecule has 0 bridgehead atoms. The van der Waals surface area contributed by atoms with Crippen molar-refractivity contribution in [2.24, 2.45) is 0 Å². The number of rotatable bonds is 4. The molecule has 0 aliphatic heterocycles. The van der Waals surface area contributed by atoms with Gasteiger partial charge >= 0.3 is 0 Å². The highest BCUT2D eigenvalue weighted by atomic mass is 35.5. The molecule has 1 aliphatic rings. The van der Waals surface area contributed by atoms with Gasteiger partial charge in [0.05, 0.1) is 21.3 Å². The lowest BCUT2D eigenvalue weighted by Crippen LogP contribution is -2.16. The lowest BCUT2D eigenvalue weighted by Gasteiger charge is -2.14. The Bertz CT molecular complexity index is 715. The number of halogens is 2. The van der Waals surface area contributed by atoms with Gasteiger partial charge in [-0.05, 0) is 37.1 Å². The Hall–Kier alpha value is -1.78. The topological polar surface area (TPSA) is 54.0 Å². The second kappa shape index (κ2) is 7.20. The van der Waals surface area contributed by atoms with Crippen molar-refractivity contribution in [1.29, 1.82) is 0 Å². The quantitative estimate of drug-likeness (QED) is 0.816. The molecule has 1 saturated carbocycles. The number of nitrogens with one attached hydrogen (secondary N) is 2. The Kier molecular flexibility index (Phi) is 5.03. The average Bonchev–Trinajstić information content (AvgIpc) is 3.04. The van der Waals surface area contributed by atoms with Crippen LogP contribution in [0.25, 0.3) is 0 Å². The molecule has 0 radical (unpaired) electrons. The smallest absolute Gasteiger partial charge is 0.257 e. The third kappa shape index (κ3) is 4.15. The van der Waals surface area contributed by atoms with E-state index >= 15 is 0 Å². The minimum absolute atomic E-state index is 0.231. The summed E-state index contributed by atoms with van der Waals surface area (Å²) in [5.74, 6) is -0.231. The Balaban J connectivity index is 1.70. The Labute approximate surface area is 145 Å². The molecule has 6 heteroatoms. The summed E-state index contributed by atoms with van der Waals surface area (Å²) in [7, 11) is 0. The van der Waals surface area contributed by atoms with E-state index in [4.69, 9.17) is 23.2 Å². The van der Waals surface area contributed by atoms with E-state index in [9.17, 15) is 4.79 Å². The maximum Gasteiger partial charge on any atom is 0.257 e. The number of carbonyl (C=O) groups is 1. The van der Waals surface area contributed by atoms with E-state index in [0.717, 1.165) is 5.69 Å². The second-order valence-corrected chi connectivity index (χ2v) is 6.49. The van der Waals surface area contributed by atoms with Gasteiger partial charge in [-0.25, -0.2) is 0 Å². The molecule has 0 saturated heterocycles. The maximum absolute atomic E-state index is 12.3. The van der Waals surface area contributed by atoms with Gasteiger partial charge in [0.15, 0.2) is 0 Å². The van der Waals surface area contributed by atoms with E-state index in [1.165, 1.54) is 25.7 Å². The molecule has 23 heavy (non-hydrogen) atoms. The number of carbonyl (C=O) groups excluding carboxylic acids is 1. The van der Waals surface area contributed by atoms with Gasteiger partial charge in [-0.15, -0.1) is 0 Å². The predicted octanol–water partition coefficient (Wildman–Crippen LogP) is 5.00. The molecule has 1 amide bonds. The molecule has 120 valence electrons. The molecular weight excluding hydrogens is 333 g/mol. The summed E-state index contributed by atoms with van der Waals surface area (Å²) in [6, 6.07) is 7.27. The molecular formula is C17H17Cl2N3O. The largest absolute Gasteiger partial charge is 0.381 e. The fourth-order valence-electron chi connectivity index (χ4n) is 2.73. The Morgan fingerprint density at radius 3 is 2.57 bits per heavy atom. The van der Waals surface area contributed by atoms with Crippen LogP contribution in [0.3, 0.4) is 0 Å². The summed E-state index contributed by atoms with van der Waals surface area (Å²) in [5, 5.41) is 7.09. The third-order valence-corrected chi connectivity index (χ3v) is 4.64. The van der Waals surface area contributed by atoms with Crippen molar-refractivity contribution in [3.05, 3.63) is 52.3 Å². The van der Waals surface area contributed by atoms with Crippen molar-refractivity contribution in [2.75, 3.05) is 10.6 Å². The van der Waals surface area contributed by atoms with Crippen molar-refractivity contribution in [3.63, 3.8) is 0 Å².